The average Bonchev–Trinajstić information content (AvgIpc) is 3.08. The molecule has 2 aliphatic rings. The summed E-state index contributed by atoms with van der Waals surface area (Å²) >= 11 is 0.306. The Balaban J connectivity index is 1.33. The monoisotopic (exact) mass is 664 g/mol. The molecule has 0 spiro atoms. The SMILES string of the molecule is O=C(N[C@H]1[C@@H](O)CO[C@H](CO)[C@]1(O)S[C@@]1(O)[C@@H](CO)OC[C@H](O)[C@@H]1NC(=O)c1ccc2ccccc2c1)c1ccc2ccccc2c1. The number of hydrogen-bond donors (Lipinski definition) is 8. The van der Waals surface area contributed by atoms with Gasteiger partial charge in [-0.25, -0.2) is 0 Å². The van der Waals surface area contributed by atoms with Crippen LogP contribution in [-0.4, -0.2) is 115 Å². The first-order valence-electron chi connectivity index (χ1n) is 15.1. The maximum absolute atomic E-state index is 13.5. The van der Waals surface area contributed by atoms with Crippen LogP contribution in [0.4, 0.5) is 0 Å². The fourth-order valence-corrected chi connectivity index (χ4v) is 7.97. The van der Waals surface area contributed by atoms with Crippen LogP contribution in [0, 0.1) is 0 Å². The number of nitrogens with one attached hydrogen (secondary N) is 2. The van der Waals surface area contributed by atoms with Gasteiger partial charge in [0, 0.05) is 11.1 Å². The lowest BCUT2D eigenvalue weighted by Crippen LogP contribution is -2.73. The van der Waals surface area contributed by atoms with E-state index in [4.69, 9.17) is 9.47 Å². The summed E-state index contributed by atoms with van der Waals surface area (Å²) in [6, 6.07) is 21.7. The summed E-state index contributed by atoms with van der Waals surface area (Å²) in [7, 11) is 0. The first-order valence-corrected chi connectivity index (χ1v) is 15.9. The van der Waals surface area contributed by atoms with Crippen LogP contribution < -0.4 is 10.6 Å². The molecule has 13 heteroatoms. The highest BCUT2D eigenvalue weighted by Crippen LogP contribution is 2.48. The zero-order valence-electron chi connectivity index (χ0n) is 25.1. The first kappa shape index (κ1) is 33.3. The summed E-state index contributed by atoms with van der Waals surface area (Å²) in [6.07, 6.45) is -5.99. The van der Waals surface area contributed by atoms with Crippen molar-refractivity contribution in [1.29, 1.82) is 0 Å². The van der Waals surface area contributed by atoms with E-state index in [0.717, 1.165) is 21.5 Å². The second-order valence-corrected chi connectivity index (χ2v) is 13.3. The van der Waals surface area contributed by atoms with Crippen molar-refractivity contribution in [3.05, 3.63) is 96.1 Å². The van der Waals surface area contributed by atoms with Crippen LogP contribution >= 0.6 is 11.8 Å². The maximum Gasteiger partial charge on any atom is 0.251 e. The number of rotatable bonds is 8. The molecule has 2 amide bonds. The number of benzene rings is 4. The van der Waals surface area contributed by atoms with Crippen molar-refractivity contribution in [2.45, 2.75) is 46.4 Å². The van der Waals surface area contributed by atoms with E-state index in [9.17, 15) is 40.2 Å². The van der Waals surface area contributed by atoms with Gasteiger partial charge < -0.3 is 50.7 Å². The highest BCUT2D eigenvalue weighted by atomic mass is 32.2. The second-order valence-electron chi connectivity index (χ2n) is 11.8. The Hall–Kier alpha value is -3.63. The van der Waals surface area contributed by atoms with Gasteiger partial charge in [0.15, 0.2) is 9.87 Å². The zero-order chi connectivity index (χ0) is 33.3. The van der Waals surface area contributed by atoms with Crippen LogP contribution in [0.5, 0.6) is 0 Å². The molecule has 0 aliphatic carbocycles. The summed E-state index contributed by atoms with van der Waals surface area (Å²) in [4.78, 5) is 22.1. The molecule has 0 unspecified atom stereocenters. The number of amides is 2. The predicted molar refractivity (Wildman–Crippen MR) is 174 cm³/mol. The Morgan fingerprint density at radius 2 is 1.04 bits per heavy atom. The molecule has 0 bridgehead atoms. The summed E-state index contributed by atoms with van der Waals surface area (Å²) in [6.45, 7) is -2.34. The van der Waals surface area contributed by atoms with Gasteiger partial charge in [0.1, 0.15) is 24.4 Å². The Morgan fingerprint density at radius 1 is 0.660 bits per heavy atom. The van der Waals surface area contributed by atoms with Crippen molar-refractivity contribution >= 4 is 45.1 Å². The van der Waals surface area contributed by atoms with Gasteiger partial charge in [-0.15, -0.1) is 0 Å². The van der Waals surface area contributed by atoms with E-state index in [-0.39, 0.29) is 24.3 Å². The molecule has 2 aliphatic heterocycles. The number of fused-ring (bicyclic) bond motifs is 2. The van der Waals surface area contributed by atoms with Crippen molar-refractivity contribution < 1.29 is 49.7 Å². The Morgan fingerprint density at radius 3 is 1.43 bits per heavy atom. The highest BCUT2D eigenvalue weighted by molar-refractivity contribution is 8.01. The molecule has 47 heavy (non-hydrogen) atoms. The van der Waals surface area contributed by atoms with Gasteiger partial charge in [-0.1, -0.05) is 72.4 Å². The van der Waals surface area contributed by atoms with Crippen molar-refractivity contribution in [3.8, 4) is 0 Å². The van der Waals surface area contributed by atoms with Crippen LogP contribution in [0.15, 0.2) is 84.9 Å². The van der Waals surface area contributed by atoms with Gasteiger partial charge in [-0.2, -0.15) is 0 Å². The van der Waals surface area contributed by atoms with Gasteiger partial charge in [0.2, 0.25) is 0 Å². The molecule has 8 atom stereocenters. The minimum Gasteiger partial charge on any atom is -0.394 e. The minimum absolute atomic E-state index is 0.221. The lowest BCUT2D eigenvalue weighted by molar-refractivity contribution is -0.183. The largest absolute Gasteiger partial charge is 0.394 e. The number of aliphatic hydroxyl groups is 6. The highest BCUT2D eigenvalue weighted by Gasteiger charge is 2.62. The molecule has 2 fully saturated rings. The third-order valence-corrected chi connectivity index (χ3v) is 10.5. The van der Waals surface area contributed by atoms with E-state index in [1.54, 1.807) is 36.4 Å². The van der Waals surface area contributed by atoms with Crippen LogP contribution in [0.25, 0.3) is 21.5 Å². The van der Waals surface area contributed by atoms with Crippen molar-refractivity contribution in [1.82, 2.24) is 10.6 Å². The topological polar surface area (TPSA) is 198 Å². The summed E-state index contributed by atoms with van der Waals surface area (Å²) in [5, 5.41) is 75.7. The van der Waals surface area contributed by atoms with Gasteiger partial charge in [-0.05, 0) is 45.8 Å². The van der Waals surface area contributed by atoms with Crippen LogP contribution in [0.2, 0.25) is 0 Å². The molecule has 0 aromatic heterocycles. The Labute approximate surface area is 273 Å². The van der Waals surface area contributed by atoms with Crippen LogP contribution in [-0.2, 0) is 9.47 Å². The molecule has 4 aromatic carbocycles. The normalized spacial score (nSPS) is 31.0. The summed E-state index contributed by atoms with van der Waals surface area (Å²) < 4.78 is 11.1. The molecular formula is C34H36N2O10S. The van der Waals surface area contributed by atoms with E-state index >= 15 is 0 Å². The quantitative estimate of drug-likeness (QED) is 0.122. The summed E-state index contributed by atoms with van der Waals surface area (Å²) in [5.74, 6) is -1.33. The molecule has 4 aromatic rings. The predicted octanol–water partition coefficient (Wildman–Crippen LogP) is 0.504. The van der Waals surface area contributed by atoms with Gasteiger partial charge >= 0.3 is 0 Å². The standard InChI is InChI=1S/C34H36N2O10S/c37-15-27-33(43,29(25(39)17-45-27)35-31(41)23-11-9-19-5-1-3-7-21(19)13-23)47-34(44)28(16-38)46-18-26(40)30(34)36-32(42)24-12-10-20-6-2-4-8-22(20)14-24/h1-14,25-30,37-40,43-44H,15-18H2,(H,35,41)(H,36,42)/t25-,26-,27+,28+,29-,30-,33-,34-/m0/s1. The average molecular weight is 665 g/mol. The van der Waals surface area contributed by atoms with E-state index in [2.05, 4.69) is 10.6 Å². The summed E-state index contributed by atoms with van der Waals surface area (Å²) in [5.41, 5.74) is 0.443. The zero-order valence-corrected chi connectivity index (χ0v) is 25.9. The Bertz CT molecular complexity index is 1650. The van der Waals surface area contributed by atoms with Crippen LogP contribution in [0.3, 0.4) is 0 Å². The van der Waals surface area contributed by atoms with Crippen molar-refractivity contribution in [2.24, 2.45) is 0 Å². The molecule has 8 N–H and O–H groups in total. The van der Waals surface area contributed by atoms with Crippen LogP contribution in [0.1, 0.15) is 20.7 Å². The molecular weight excluding hydrogens is 628 g/mol. The number of aliphatic hydroxyl groups excluding tert-OH is 4. The third kappa shape index (κ3) is 6.34. The third-order valence-electron chi connectivity index (χ3n) is 8.77. The molecule has 0 saturated carbocycles. The number of hydrogen-bond acceptors (Lipinski definition) is 11. The second kappa shape index (κ2) is 13.5. The molecule has 2 heterocycles. The van der Waals surface area contributed by atoms with Gasteiger partial charge in [-0.3, -0.25) is 9.59 Å². The van der Waals surface area contributed by atoms with Gasteiger partial charge in [0.05, 0.1) is 38.5 Å². The molecule has 0 radical (unpaired) electrons. The van der Waals surface area contributed by atoms with Crippen molar-refractivity contribution in [2.75, 3.05) is 26.4 Å². The molecule has 6 rings (SSSR count). The van der Waals surface area contributed by atoms with E-state index in [0.29, 0.717) is 11.8 Å². The smallest absolute Gasteiger partial charge is 0.251 e. The Kier molecular flexibility index (Phi) is 9.54. The van der Waals surface area contributed by atoms with Gasteiger partial charge in [0.25, 0.3) is 11.8 Å². The fourth-order valence-electron chi connectivity index (χ4n) is 6.21. The van der Waals surface area contributed by atoms with E-state index in [1.807, 2.05) is 48.5 Å². The fraction of sp³-hybridized carbons (Fsp3) is 0.353. The molecule has 248 valence electrons. The van der Waals surface area contributed by atoms with E-state index < -0.39 is 71.4 Å². The van der Waals surface area contributed by atoms with Crippen molar-refractivity contribution in [3.63, 3.8) is 0 Å². The minimum atomic E-state index is -2.48. The maximum atomic E-state index is 13.5. The van der Waals surface area contributed by atoms with E-state index in [1.165, 1.54) is 0 Å². The number of carbonyl (C=O) groups is 2. The molecule has 12 nitrogen and oxygen atoms in total. The molecule has 2 saturated heterocycles. The first-order chi connectivity index (χ1) is 22.6. The lowest BCUT2D eigenvalue weighted by Gasteiger charge is -2.54. The number of thioether (sulfide) groups is 1. The lowest BCUT2D eigenvalue weighted by atomic mass is 9.95. The number of ether oxygens (including phenoxy) is 2. The number of carbonyl (C=O) groups excluding carboxylic acids is 2.